The van der Waals surface area contributed by atoms with Gasteiger partial charge in [0.2, 0.25) is 0 Å². The molecule has 1 saturated carbocycles. The zero-order valence-electron chi connectivity index (χ0n) is 14.2. The molecule has 0 aromatic heterocycles. The van der Waals surface area contributed by atoms with Crippen LogP contribution in [0.5, 0.6) is 0 Å². The first-order valence-corrected chi connectivity index (χ1v) is 9.79. The number of likely N-dealkylation sites (tertiary alicyclic amines) is 1. The van der Waals surface area contributed by atoms with E-state index in [4.69, 9.17) is 34.8 Å². The Bertz CT molecular complexity index is 898. The first kappa shape index (κ1) is 19.0. The van der Waals surface area contributed by atoms with Gasteiger partial charge < -0.3 is 4.90 Å². The topological polar surface area (TPSA) is 20.3 Å². The van der Waals surface area contributed by atoms with Crippen molar-refractivity contribution in [2.24, 2.45) is 0 Å². The quantitative estimate of drug-likeness (QED) is 0.552. The number of amides is 1. The molecule has 0 bridgehead atoms. The molecular weight excluding hydrogens is 415 g/mol. The minimum atomic E-state index is -2.83. The second-order valence-electron chi connectivity index (χ2n) is 7.22. The Hall–Kier alpha value is -1.36. The van der Waals surface area contributed by atoms with Gasteiger partial charge in [-0.05, 0) is 59.7 Å². The highest BCUT2D eigenvalue weighted by molar-refractivity contribution is 6.34. The van der Waals surface area contributed by atoms with Crippen molar-refractivity contribution in [2.75, 3.05) is 13.1 Å². The molecule has 4 rings (SSSR count). The van der Waals surface area contributed by atoms with Crippen molar-refractivity contribution in [2.45, 2.75) is 30.6 Å². The molecule has 1 heterocycles. The first-order chi connectivity index (χ1) is 12.7. The number of hydrogen-bond donors (Lipinski definition) is 0. The van der Waals surface area contributed by atoms with Crippen LogP contribution in [0.3, 0.4) is 0 Å². The van der Waals surface area contributed by atoms with Crippen LogP contribution in [0, 0.1) is 0 Å². The average Bonchev–Trinajstić information content (AvgIpc) is 3.31. The Morgan fingerprint density at radius 1 is 1.00 bits per heavy atom. The number of alkyl halides is 2. The van der Waals surface area contributed by atoms with E-state index in [1.165, 1.54) is 4.90 Å². The van der Waals surface area contributed by atoms with Gasteiger partial charge in [0, 0.05) is 23.0 Å². The molecule has 1 aliphatic heterocycles. The van der Waals surface area contributed by atoms with Gasteiger partial charge in [-0.1, -0.05) is 40.9 Å². The lowest BCUT2D eigenvalue weighted by Crippen LogP contribution is -2.31. The maximum Gasteiger partial charge on any atom is 0.267 e. The van der Waals surface area contributed by atoms with E-state index in [-0.39, 0.29) is 35.4 Å². The molecule has 2 aliphatic rings. The van der Waals surface area contributed by atoms with Crippen molar-refractivity contribution in [1.29, 1.82) is 0 Å². The largest absolute Gasteiger partial charge is 0.332 e. The normalized spacial score (nSPS) is 23.5. The summed E-state index contributed by atoms with van der Waals surface area (Å²) >= 11 is 18.4. The van der Waals surface area contributed by atoms with Gasteiger partial charge in [-0.25, -0.2) is 8.78 Å². The standard InChI is InChI=1S/C20H16Cl3F2NO/c21-13-5-12(6-14(22)8-13)16-9-15(16)11-1-2-18(23)17(7-11)19(27)26-4-3-20(24,25)10-26/h1-2,5-8,15-16H,3-4,9-10H2. The summed E-state index contributed by atoms with van der Waals surface area (Å²) in [6.07, 6.45) is 0.601. The Kier molecular flexibility index (Phi) is 4.86. The third-order valence-corrected chi connectivity index (χ3v) is 5.98. The van der Waals surface area contributed by atoms with Crippen LogP contribution in [0.2, 0.25) is 15.1 Å². The van der Waals surface area contributed by atoms with Crippen molar-refractivity contribution in [3.8, 4) is 0 Å². The molecule has 1 saturated heterocycles. The highest BCUT2D eigenvalue weighted by Crippen LogP contribution is 2.55. The number of benzene rings is 2. The number of rotatable bonds is 3. The highest BCUT2D eigenvalue weighted by atomic mass is 35.5. The number of nitrogens with zero attached hydrogens (tertiary/aromatic N) is 1. The van der Waals surface area contributed by atoms with Crippen LogP contribution < -0.4 is 0 Å². The van der Waals surface area contributed by atoms with Gasteiger partial charge in [0.25, 0.3) is 11.8 Å². The van der Waals surface area contributed by atoms with Crippen molar-refractivity contribution in [3.63, 3.8) is 0 Å². The SMILES string of the molecule is O=C(c1cc(C2CC2c2cc(Cl)cc(Cl)c2)ccc1Cl)N1CCC(F)(F)C1. The molecule has 2 aromatic carbocycles. The van der Waals surface area contributed by atoms with Crippen molar-refractivity contribution < 1.29 is 13.6 Å². The molecule has 142 valence electrons. The van der Waals surface area contributed by atoms with Crippen LogP contribution in [-0.4, -0.2) is 29.8 Å². The molecule has 2 atom stereocenters. The van der Waals surface area contributed by atoms with E-state index in [0.29, 0.717) is 10.0 Å². The second kappa shape index (κ2) is 6.91. The summed E-state index contributed by atoms with van der Waals surface area (Å²) in [6, 6.07) is 10.8. The molecule has 0 radical (unpaired) electrons. The third kappa shape index (κ3) is 3.94. The maximum absolute atomic E-state index is 13.4. The van der Waals surface area contributed by atoms with Crippen LogP contribution in [0.4, 0.5) is 8.78 Å². The van der Waals surface area contributed by atoms with E-state index in [0.717, 1.165) is 17.5 Å². The van der Waals surface area contributed by atoms with Crippen LogP contribution >= 0.6 is 34.8 Å². The van der Waals surface area contributed by atoms with E-state index in [2.05, 4.69) is 0 Å². The Morgan fingerprint density at radius 2 is 1.67 bits per heavy atom. The molecule has 2 nitrogen and oxygen atoms in total. The van der Waals surface area contributed by atoms with E-state index < -0.39 is 18.4 Å². The van der Waals surface area contributed by atoms with Gasteiger partial charge in [-0.3, -0.25) is 4.79 Å². The molecule has 2 unspecified atom stereocenters. The number of hydrogen-bond acceptors (Lipinski definition) is 1. The van der Waals surface area contributed by atoms with Crippen molar-refractivity contribution >= 4 is 40.7 Å². The fourth-order valence-electron chi connectivity index (χ4n) is 3.74. The van der Waals surface area contributed by atoms with E-state index in [1.54, 1.807) is 18.2 Å². The van der Waals surface area contributed by atoms with Crippen LogP contribution in [0.25, 0.3) is 0 Å². The van der Waals surface area contributed by atoms with Crippen LogP contribution in [0.15, 0.2) is 36.4 Å². The zero-order chi connectivity index (χ0) is 19.3. The molecule has 1 aliphatic carbocycles. The summed E-state index contributed by atoms with van der Waals surface area (Å²) in [5.41, 5.74) is 2.30. The summed E-state index contributed by atoms with van der Waals surface area (Å²) < 4.78 is 26.9. The lowest BCUT2D eigenvalue weighted by molar-refractivity contribution is 0.0120. The minimum absolute atomic E-state index is 0.0411. The number of carbonyl (C=O) groups is 1. The molecular formula is C20H16Cl3F2NO. The van der Waals surface area contributed by atoms with Gasteiger partial charge in [0.1, 0.15) is 0 Å². The summed E-state index contributed by atoms with van der Waals surface area (Å²) in [5, 5.41) is 1.46. The average molecular weight is 431 g/mol. The molecule has 1 amide bonds. The Balaban J connectivity index is 1.56. The highest BCUT2D eigenvalue weighted by Gasteiger charge is 2.42. The van der Waals surface area contributed by atoms with Gasteiger partial charge in [0.15, 0.2) is 0 Å². The summed E-state index contributed by atoms with van der Waals surface area (Å²) in [6.45, 7) is -0.515. The van der Waals surface area contributed by atoms with Crippen molar-refractivity contribution in [3.05, 3.63) is 68.2 Å². The first-order valence-electron chi connectivity index (χ1n) is 8.66. The lowest BCUT2D eigenvalue weighted by Gasteiger charge is -2.17. The number of halogens is 5. The van der Waals surface area contributed by atoms with Gasteiger partial charge in [0.05, 0.1) is 17.1 Å². The molecule has 27 heavy (non-hydrogen) atoms. The molecule has 7 heteroatoms. The third-order valence-electron chi connectivity index (χ3n) is 5.21. The van der Waals surface area contributed by atoms with E-state index >= 15 is 0 Å². The predicted octanol–water partition coefficient (Wildman–Crippen LogP) is 6.40. The van der Waals surface area contributed by atoms with E-state index in [1.807, 2.05) is 18.2 Å². The zero-order valence-corrected chi connectivity index (χ0v) is 16.5. The van der Waals surface area contributed by atoms with Crippen molar-refractivity contribution in [1.82, 2.24) is 4.90 Å². The Morgan fingerprint density at radius 3 is 2.30 bits per heavy atom. The molecule has 2 fully saturated rings. The maximum atomic E-state index is 13.4. The smallest absolute Gasteiger partial charge is 0.267 e. The molecule has 0 N–H and O–H groups in total. The fraction of sp³-hybridized carbons (Fsp3) is 0.350. The predicted molar refractivity (Wildman–Crippen MR) is 103 cm³/mol. The molecule has 0 spiro atoms. The summed E-state index contributed by atoms with van der Waals surface area (Å²) in [5.74, 6) is -2.78. The lowest BCUT2D eigenvalue weighted by atomic mass is 10.0. The fourth-order valence-corrected chi connectivity index (χ4v) is 4.48. The molecule has 2 aromatic rings. The summed E-state index contributed by atoms with van der Waals surface area (Å²) in [4.78, 5) is 13.8. The Labute approximate surface area is 171 Å². The van der Waals surface area contributed by atoms with Crippen LogP contribution in [0.1, 0.15) is 46.2 Å². The van der Waals surface area contributed by atoms with Crippen LogP contribution in [-0.2, 0) is 0 Å². The minimum Gasteiger partial charge on any atom is -0.332 e. The summed E-state index contributed by atoms with van der Waals surface area (Å²) in [7, 11) is 0. The second-order valence-corrected chi connectivity index (χ2v) is 8.50. The van der Waals surface area contributed by atoms with Gasteiger partial charge >= 0.3 is 0 Å². The van der Waals surface area contributed by atoms with E-state index in [9.17, 15) is 13.6 Å². The monoisotopic (exact) mass is 429 g/mol. The van der Waals surface area contributed by atoms with Gasteiger partial charge in [-0.15, -0.1) is 0 Å². The number of carbonyl (C=O) groups excluding carboxylic acids is 1. The van der Waals surface area contributed by atoms with Gasteiger partial charge in [-0.2, -0.15) is 0 Å².